The third-order valence-corrected chi connectivity index (χ3v) is 6.44. The van der Waals surface area contributed by atoms with Crippen LogP contribution >= 0.6 is 23.2 Å². The fourth-order valence-corrected chi connectivity index (χ4v) is 5.15. The molecule has 1 N–H and O–H groups in total. The Morgan fingerprint density at radius 3 is 2.48 bits per heavy atom. The molecule has 31 heavy (non-hydrogen) atoms. The summed E-state index contributed by atoms with van der Waals surface area (Å²) in [7, 11) is 0. The van der Waals surface area contributed by atoms with Gasteiger partial charge >= 0.3 is 0 Å². The van der Waals surface area contributed by atoms with Crippen LogP contribution in [0.3, 0.4) is 0 Å². The number of benzene rings is 2. The molecule has 0 saturated carbocycles. The van der Waals surface area contributed by atoms with Crippen molar-refractivity contribution >= 4 is 29.0 Å². The molecule has 160 valence electrons. The molecular formula is C25H25Cl2N3O. The zero-order chi connectivity index (χ0) is 21.4. The van der Waals surface area contributed by atoms with Crippen molar-refractivity contribution in [2.75, 3.05) is 18.0 Å². The summed E-state index contributed by atoms with van der Waals surface area (Å²) in [6.45, 7) is 4.25. The van der Waals surface area contributed by atoms with Crippen molar-refractivity contribution in [1.82, 2.24) is 10.3 Å². The number of hydrogen-bond acceptors (Lipinski definition) is 4. The van der Waals surface area contributed by atoms with E-state index in [0.717, 1.165) is 54.4 Å². The Labute approximate surface area is 193 Å². The number of aromatic nitrogens is 1. The summed E-state index contributed by atoms with van der Waals surface area (Å²) in [4.78, 5) is 7.07. The van der Waals surface area contributed by atoms with Crippen molar-refractivity contribution < 1.29 is 4.74 Å². The Morgan fingerprint density at radius 1 is 1.03 bits per heavy atom. The summed E-state index contributed by atoms with van der Waals surface area (Å²) in [6.07, 6.45) is 5.06. The first-order valence-electron chi connectivity index (χ1n) is 10.8. The van der Waals surface area contributed by atoms with Crippen LogP contribution in [0.5, 0.6) is 11.5 Å². The number of pyridine rings is 1. The highest BCUT2D eigenvalue weighted by molar-refractivity contribution is 6.35. The molecule has 2 saturated heterocycles. The lowest BCUT2D eigenvalue weighted by Crippen LogP contribution is -2.43. The Kier molecular flexibility index (Phi) is 5.79. The third-order valence-electron chi connectivity index (χ3n) is 6.01. The van der Waals surface area contributed by atoms with Gasteiger partial charge in [-0.1, -0.05) is 42.6 Å². The van der Waals surface area contributed by atoms with E-state index in [1.54, 1.807) is 6.07 Å². The van der Waals surface area contributed by atoms with Crippen molar-refractivity contribution in [3.8, 4) is 22.6 Å². The van der Waals surface area contributed by atoms with Gasteiger partial charge in [0.25, 0.3) is 0 Å². The number of hydrogen-bond donors (Lipinski definition) is 1. The molecule has 2 aliphatic heterocycles. The van der Waals surface area contributed by atoms with E-state index in [2.05, 4.69) is 40.3 Å². The van der Waals surface area contributed by atoms with Crippen molar-refractivity contribution in [1.29, 1.82) is 0 Å². The monoisotopic (exact) mass is 453 g/mol. The molecule has 0 aliphatic carbocycles. The summed E-state index contributed by atoms with van der Waals surface area (Å²) in [5.74, 6) is 2.54. The maximum absolute atomic E-state index is 6.23. The molecule has 2 aromatic carbocycles. The van der Waals surface area contributed by atoms with Gasteiger partial charge in [0.05, 0.1) is 6.20 Å². The molecular weight excluding hydrogens is 429 g/mol. The van der Waals surface area contributed by atoms with Gasteiger partial charge in [0, 0.05) is 35.2 Å². The average Bonchev–Trinajstić information content (AvgIpc) is 3.37. The van der Waals surface area contributed by atoms with Crippen LogP contribution in [0.15, 0.2) is 54.7 Å². The lowest BCUT2D eigenvalue weighted by atomic mass is 10.0. The van der Waals surface area contributed by atoms with E-state index >= 15 is 0 Å². The zero-order valence-corrected chi connectivity index (χ0v) is 19.0. The summed E-state index contributed by atoms with van der Waals surface area (Å²) in [6, 6.07) is 17.1. The van der Waals surface area contributed by atoms with E-state index in [1.165, 1.54) is 12.0 Å². The van der Waals surface area contributed by atoms with Crippen LogP contribution in [0.4, 0.5) is 5.82 Å². The van der Waals surface area contributed by atoms with E-state index in [-0.39, 0.29) is 0 Å². The van der Waals surface area contributed by atoms with E-state index in [0.29, 0.717) is 22.1 Å². The molecule has 2 aliphatic rings. The third kappa shape index (κ3) is 4.52. The summed E-state index contributed by atoms with van der Waals surface area (Å²) < 4.78 is 6.21. The minimum Gasteiger partial charge on any atom is -0.456 e. The van der Waals surface area contributed by atoms with Gasteiger partial charge in [-0.25, -0.2) is 4.98 Å². The number of nitrogens with zero attached hydrogens (tertiary/aromatic N) is 2. The van der Waals surface area contributed by atoms with E-state index in [1.807, 2.05) is 30.5 Å². The number of fused-ring (bicyclic) bond motifs is 2. The molecule has 3 aromatic rings. The SMILES string of the molecule is CCCc1cc(Oc2ccc(N3C[C@@H]4C[C@H]3CN4)nc2)cc(-c2cc(Cl)cc(Cl)c2)c1. The van der Waals surface area contributed by atoms with Gasteiger partial charge in [-0.05, 0) is 72.0 Å². The maximum Gasteiger partial charge on any atom is 0.145 e. The fraction of sp³-hybridized carbons (Fsp3) is 0.320. The normalized spacial score (nSPS) is 19.8. The molecule has 3 heterocycles. The van der Waals surface area contributed by atoms with Gasteiger partial charge in [0.1, 0.15) is 17.3 Å². The van der Waals surface area contributed by atoms with Crippen LogP contribution in [-0.2, 0) is 6.42 Å². The van der Waals surface area contributed by atoms with Crippen molar-refractivity contribution in [2.24, 2.45) is 0 Å². The number of piperazine rings is 1. The number of anilines is 1. The number of ether oxygens (including phenoxy) is 1. The maximum atomic E-state index is 6.23. The molecule has 6 heteroatoms. The lowest BCUT2D eigenvalue weighted by Gasteiger charge is -2.28. The minimum absolute atomic E-state index is 0.557. The van der Waals surface area contributed by atoms with Gasteiger partial charge in [-0.2, -0.15) is 0 Å². The van der Waals surface area contributed by atoms with Crippen LogP contribution in [-0.4, -0.2) is 30.2 Å². The van der Waals surface area contributed by atoms with Crippen molar-refractivity contribution in [2.45, 2.75) is 38.3 Å². The fourth-order valence-electron chi connectivity index (χ4n) is 4.62. The minimum atomic E-state index is 0.557. The molecule has 0 spiro atoms. The highest BCUT2D eigenvalue weighted by Crippen LogP contribution is 2.34. The predicted octanol–water partition coefficient (Wildman–Crippen LogP) is 6.35. The quantitative estimate of drug-likeness (QED) is 0.471. The first kappa shape index (κ1) is 20.6. The molecule has 2 fully saturated rings. The van der Waals surface area contributed by atoms with E-state index in [9.17, 15) is 0 Å². The predicted molar refractivity (Wildman–Crippen MR) is 128 cm³/mol. The zero-order valence-electron chi connectivity index (χ0n) is 17.4. The largest absolute Gasteiger partial charge is 0.456 e. The molecule has 5 rings (SSSR count). The van der Waals surface area contributed by atoms with Crippen LogP contribution in [0.2, 0.25) is 10.0 Å². The van der Waals surface area contributed by atoms with Crippen LogP contribution < -0.4 is 15.0 Å². The molecule has 1 aromatic heterocycles. The first-order chi connectivity index (χ1) is 15.1. The van der Waals surface area contributed by atoms with Crippen molar-refractivity contribution in [3.63, 3.8) is 0 Å². The smallest absolute Gasteiger partial charge is 0.145 e. The molecule has 2 bridgehead atoms. The highest BCUT2D eigenvalue weighted by Gasteiger charge is 2.38. The molecule has 0 amide bonds. The average molecular weight is 454 g/mol. The van der Waals surface area contributed by atoms with Gasteiger partial charge in [-0.15, -0.1) is 0 Å². The van der Waals surface area contributed by atoms with E-state index < -0.39 is 0 Å². The van der Waals surface area contributed by atoms with Gasteiger partial charge in [0.2, 0.25) is 0 Å². The second-order valence-corrected chi connectivity index (χ2v) is 9.25. The number of halogens is 2. The topological polar surface area (TPSA) is 37.4 Å². The lowest BCUT2D eigenvalue weighted by molar-refractivity contribution is 0.479. The Balaban J connectivity index is 1.39. The summed E-state index contributed by atoms with van der Waals surface area (Å²) in [5, 5.41) is 4.77. The summed E-state index contributed by atoms with van der Waals surface area (Å²) in [5.41, 5.74) is 3.23. The van der Waals surface area contributed by atoms with Crippen molar-refractivity contribution in [3.05, 3.63) is 70.3 Å². The second-order valence-electron chi connectivity index (χ2n) is 8.37. The standard InChI is InChI=1S/C25H25Cl2N3O/c1-2-3-16-6-17(18-8-19(26)11-20(27)9-18)10-24(7-16)31-23-4-5-25(29-14-23)30-15-21-12-22(30)13-28-21/h4-11,14,21-22,28H,2-3,12-13,15H2,1H3/t21-,22-/m0/s1. The molecule has 4 nitrogen and oxygen atoms in total. The number of rotatable bonds is 6. The van der Waals surface area contributed by atoms with Gasteiger partial charge in [0.15, 0.2) is 0 Å². The van der Waals surface area contributed by atoms with Crippen LogP contribution in [0.25, 0.3) is 11.1 Å². The van der Waals surface area contributed by atoms with Crippen LogP contribution in [0.1, 0.15) is 25.3 Å². The number of aryl methyl sites for hydroxylation is 1. The van der Waals surface area contributed by atoms with Gasteiger partial charge < -0.3 is 15.0 Å². The van der Waals surface area contributed by atoms with Gasteiger partial charge in [-0.3, -0.25) is 0 Å². The molecule has 2 atom stereocenters. The van der Waals surface area contributed by atoms with E-state index in [4.69, 9.17) is 27.9 Å². The molecule has 0 unspecified atom stereocenters. The first-order valence-corrected chi connectivity index (χ1v) is 11.6. The molecule has 0 radical (unpaired) electrons. The Morgan fingerprint density at radius 2 is 1.84 bits per heavy atom. The van der Waals surface area contributed by atoms with Crippen LogP contribution in [0, 0.1) is 0 Å². The highest BCUT2D eigenvalue weighted by atomic mass is 35.5. The summed E-state index contributed by atoms with van der Waals surface area (Å²) >= 11 is 12.5. The Hall–Kier alpha value is -2.27. The second kappa shape index (κ2) is 8.70. The number of nitrogens with one attached hydrogen (secondary N) is 1. The Bertz CT molecular complexity index is 1070.